The lowest BCUT2D eigenvalue weighted by Gasteiger charge is -2.09. The fraction of sp³-hybridized carbons (Fsp3) is 0.500. The molecule has 1 aromatic rings. The minimum absolute atomic E-state index is 0.0713. The van der Waals surface area contributed by atoms with Gasteiger partial charge in [0.25, 0.3) is 5.91 Å². The van der Waals surface area contributed by atoms with Crippen LogP contribution in [0, 0.1) is 6.92 Å². The van der Waals surface area contributed by atoms with Crippen LogP contribution >= 0.6 is 0 Å². The van der Waals surface area contributed by atoms with Crippen molar-refractivity contribution in [3.63, 3.8) is 0 Å². The third kappa shape index (κ3) is 4.37. The van der Waals surface area contributed by atoms with Crippen molar-refractivity contribution in [3.8, 4) is 5.75 Å². The van der Waals surface area contributed by atoms with Gasteiger partial charge in [0.2, 0.25) is 0 Å². The first-order chi connectivity index (χ1) is 8.54. The molecule has 0 spiro atoms. The minimum atomic E-state index is -0.0713. The summed E-state index contributed by atoms with van der Waals surface area (Å²) in [5.41, 5.74) is 7.29. The Bertz CT molecular complexity index is 403. The number of aryl methyl sites for hydroxylation is 1. The predicted molar refractivity (Wildman–Crippen MR) is 72.9 cm³/mol. The summed E-state index contributed by atoms with van der Waals surface area (Å²) in [7, 11) is 1.60. The van der Waals surface area contributed by atoms with Gasteiger partial charge in [-0.15, -0.1) is 0 Å². The van der Waals surface area contributed by atoms with Crippen molar-refractivity contribution in [1.82, 2.24) is 5.32 Å². The second kappa shape index (κ2) is 7.01. The minimum Gasteiger partial charge on any atom is -0.496 e. The normalized spacial score (nSPS) is 12.0. The van der Waals surface area contributed by atoms with Crippen LogP contribution in [0.25, 0.3) is 0 Å². The van der Waals surface area contributed by atoms with E-state index in [4.69, 9.17) is 10.5 Å². The number of amides is 1. The van der Waals surface area contributed by atoms with Gasteiger partial charge in [0.15, 0.2) is 0 Å². The standard InChI is InChI=1S/C14H22N2O2/c1-10-6-7-12(9-13(10)18-3)14(17)16-8-4-5-11(2)15/h6-7,9,11H,4-5,8,15H2,1-3H3,(H,16,17). The van der Waals surface area contributed by atoms with Crippen LogP contribution in [-0.2, 0) is 0 Å². The number of hydrogen-bond acceptors (Lipinski definition) is 3. The van der Waals surface area contributed by atoms with Crippen molar-refractivity contribution in [2.24, 2.45) is 5.73 Å². The Morgan fingerprint density at radius 2 is 2.22 bits per heavy atom. The second-order valence-corrected chi connectivity index (χ2v) is 4.56. The van der Waals surface area contributed by atoms with Crippen LogP contribution in [-0.4, -0.2) is 25.6 Å². The predicted octanol–water partition coefficient (Wildman–Crippen LogP) is 1.86. The number of methoxy groups -OCH3 is 1. The monoisotopic (exact) mass is 250 g/mol. The van der Waals surface area contributed by atoms with Crippen LogP contribution in [0.3, 0.4) is 0 Å². The van der Waals surface area contributed by atoms with E-state index >= 15 is 0 Å². The van der Waals surface area contributed by atoms with Gasteiger partial charge in [0.1, 0.15) is 5.75 Å². The topological polar surface area (TPSA) is 64.3 Å². The molecule has 4 nitrogen and oxygen atoms in total. The smallest absolute Gasteiger partial charge is 0.251 e. The molecular formula is C14H22N2O2. The molecule has 1 atom stereocenters. The van der Waals surface area contributed by atoms with Crippen molar-refractivity contribution in [2.75, 3.05) is 13.7 Å². The Hall–Kier alpha value is -1.55. The summed E-state index contributed by atoms with van der Waals surface area (Å²) in [6, 6.07) is 5.63. The molecule has 0 aliphatic carbocycles. The molecule has 1 rings (SSSR count). The highest BCUT2D eigenvalue weighted by Gasteiger charge is 2.07. The Balaban J connectivity index is 2.51. The zero-order chi connectivity index (χ0) is 13.5. The number of nitrogens with two attached hydrogens (primary N) is 1. The lowest BCUT2D eigenvalue weighted by Crippen LogP contribution is -2.26. The van der Waals surface area contributed by atoms with Crippen molar-refractivity contribution in [3.05, 3.63) is 29.3 Å². The lowest BCUT2D eigenvalue weighted by molar-refractivity contribution is 0.0952. The SMILES string of the molecule is COc1cc(C(=O)NCCCC(C)N)ccc1C. The third-order valence-corrected chi connectivity index (χ3v) is 2.79. The summed E-state index contributed by atoms with van der Waals surface area (Å²) >= 11 is 0. The van der Waals surface area contributed by atoms with E-state index in [2.05, 4.69) is 5.32 Å². The van der Waals surface area contributed by atoms with E-state index in [9.17, 15) is 4.79 Å². The Morgan fingerprint density at radius 1 is 1.50 bits per heavy atom. The van der Waals surface area contributed by atoms with E-state index in [1.54, 1.807) is 19.2 Å². The van der Waals surface area contributed by atoms with Gasteiger partial charge in [-0.1, -0.05) is 6.07 Å². The van der Waals surface area contributed by atoms with Gasteiger partial charge in [-0.05, 0) is 44.4 Å². The second-order valence-electron chi connectivity index (χ2n) is 4.56. The van der Waals surface area contributed by atoms with Gasteiger partial charge in [-0.25, -0.2) is 0 Å². The maximum absolute atomic E-state index is 11.9. The van der Waals surface area contributed by atoms with Gasteiger partial charge >= 0.3 is 0 Å². The van der Waals surface area contributed by atoms with Crippen molar-refractivity contribution in [1.29, 1.82) is 0 Å². The highest BCUT2D eigenvalue weighted by molar-refractivity contribution is 5.94. The van der Waals surface area contributed by atoms with Gasteiger partial charge in [-0.3, -0.25) is 4.79 Å². The van der Waals surface area contributed by atoms with E-state index < -0.39 is 0 Å². The Kier molecular flexibility index (Phi) is 5.65. The van der Waals surface area contributed by atoms with Crippen molar-refractivity contribution < 1.29 is 9.53 Å². The number of nitrogens with one attached hydrogen (secondary N) is 1. The van der Waals surface area contributed by atoms with Crippen LogP contribution in [0.2, 0.25) is 0 Å². The fourth-order valence-corrected chi connectivity index (χ4v) is 1.69. The molecule has 0 saturated heterocycles. The molecule has 0 radical (unpaired) electrons. The molecule has 1 aromatic carbocycles. The largest absolute Gasteiger partial charge is 0.496 e. The molecule has 18 heavy (non-hydrogen) atoms. The van der Waals surface area contributed by atoms with Crippen LogP contribution in [0.15, 0.2) is 18.2 Å². The molecule has 0 bridgehead atoms. The van der Waals surface area contributed by atoms with Crippen LogP contribution in [0.1, 0.15) is 35.7 Å². The Morgan fingerprint density at radius 3 is 2.83 bits per heavy atom. The van der Waals surface area contributed by atoms with E-state index in [1.165, 1.54) is 0 Å². The maximum atomic E-state index is 11.9. The quantitative estimate of drug-likeness (QED) is 0.757. The van der Waals surface area contributed by atoms with Crippen LogP contribution in [0.5, 0.6) is 5.75 Å². The molecule has 1 amide bonds. The molecule has 0 aliphatic rings. The summed E-state index contributed by atoms with van der Waals surface area (Å²) < 4.78 is 5.20. The molecule has 0 aliphatic heterocycles. The number of carbonyl (C=O) groups is 1. The highest BCUT2D eigenvalue weighted by Crippen LogP contribution is 2.18. The lowest BCUT2D eigenvalue weighted by atomic mass is 10.1. The maximum Gasteiger partial charge on any atom is 0.251 e. The molecule has 3 N–H and O–H groups in total. The molecule has 1 unspecified atom stereocenters. The summed E-state index contributed by atoms with van der Waals surface area (Å²) in [5, 5.41) is 2.88. The third-order valence-electron chi connectivity index (χ3n) is 2.79. The zero-order valence-corrected chi connectivity index (χ0v) is 11.3. The molecule has 0 saturated carbocycles. The number of hydrogen-bond donors (Lipinski definition) is 2. The van der Waals surface area contributed by atoms with Crippen molar-refractivity contribution in [2.45, 2.75) is 32.7 Å². The highest BCUT2D eigenvalue weighted by atomic mass is 16.5. The zero-order valence-electron chi connectivity index (χ0n) is 11.3. The van der Waals surface area contributed by atoms with E-state index in [0.29, 0.717) is 12.1 Å². The van der Waals surface area contributed by atoms with Crippen LogP contribution in [0.4, 0.5) is 0 Å². The first-order valence-electron chi connectivity index (χ1n) is 6.23. The molecule has 0 fully saturated rings. The summed E-state index contributed by atoms with van der Waals surface area (Å²) in [4.78, 5) is 11.9. The number of carbonyl (C=O) groups excluding carboxylic acids is 1. The molecular weight excluding hydrogens is 228 g/mol. The number of ether oxygens (including phenoxy) is 1. The summed E-state index contributed by atoms with van der Waals surface area (Å²) in [6.07, 6.45) is 1.81. The fourth-order valence-electron chi connectivity index (χ4n) is 1.69. The van der Waals surface area contributed by atoms with Gasteiger partial charge in [0.05, 0.1) is 7.11 Å². The first-order valence-corrected chi connectivity index (χ1v) is 6.23. The van der Waals surface area contributed by atoms with Gasteiger partial charge < -0.3 is 15.8 Å². The summed E-state index contributed by atoms with van der Waals surface area (Å²) in [6.45, 7) is 4.56. The molecule has 0 heterocycles. The molecule has 0 aromatic heterocycles. The first kappa shape index (κ1) is 14.5. The molecule has 100 valence electrons. The number of rotatable bonds is 6. The van der Waals surface area contributed by atoms with E-state index in [0.717, 1.165) is 24.2 Å². The Labute approximate surface area is 109 Å². The van der Waals surface area contributed by atoms with E-state index in [-0.39, 0.29) is 11.9 Å². The van der Waals surface area contributed by atoms with Crippen molar-refractivity contribution >= 4 is 5.91 Å². The average molecular weight is 250 g/mol. The summed E-state index contributed by atoms with van der Waals surface area (Å²) in [5.74, 6) is 0.663. The van der Waals surface area contributed by atoms with Gasteiger partial charge in [0, 0.05) is 18.2 Å². The molecule has 4 heteroatoms. The number of benzene rings is 1. The van der Waals surface area contributed by atoms with E-state index in [1.807, 2.05) is 19.9 Å². The van der Waals surface area contributed by atoms with Crippen LogP contribution < -0.4 is 15.8 Å². The average Bonchev–Trinajstić information content (AvgIpc) is 2.34. The van der Waals surface area contributed by atoms with Gasteiger partial charge in [-0.2, -0.15) is 0 Å².